The first-order valence-electron chi connectivity index (χ1n) is 11.2. The van der Waals surface area contributed by atoms with Gasteiger partial charge in [-0.05, 0) is 75.4 Å². The number of carbonyl (C=O) groups excluding carboxylic acids is 2. The van der Waals surface area contributed by atoms with Crippen LogP contribution in [0.25, 0.3) is 6.08 Å². The second-order valence-electron chi connectivity index (χ2n) is 8.70. The van der Waals surface area contributed by atoms with Gasteiger partial charge in [0.1, 0.15) is 11.6 Å². The fourth-order valence-electron chi connectivity index (χ4n) is 4.11. The van der Waals surface area contributed by atoms with Crippen molar-refractivity contribution >= 4 is 23.6 Å². The second kappa shape index (κ2) is 10.5. The first-order chi connectivity index (χ1) is 15.7. The van der Waals surface area contributed by atoms with Crippen molar-refractivity contribution in [2.75, 3.05) is 25.5 Å². The van der Waals surface area contributed by atoms with Gasteiger partial charge in [-0.1, -0.05) is 12.1 Å². The molecule has 1 unspecified atom stereocenters. The van der Waals surface area contributed by atoms with Crippen molar-refractivity contribution < 1.29 is 14.3 Å². The molecule has 0 aliphatic carbocycles. The van der Waals surface area contributed by atoms with Crippen LogP contribution in [0.3, 0.4) is 0 Å². The van der Waals surface area contributed by atoms with Gasteiger partial charge < -0.3 is 19.5 Å². The van der Waals surface area contributed by atoms with Gasteiger partial charge in [0, 0.05) is 37.3 Å². The van der Waals surface area contributed by atoms with Crippen LogP contribution in [-0.4, -0.2) is 47.6 Å². The number of likely N-dealkylation sites (N-methyl/N-ethyl adjacent to an activating group) is 1. The number of nitrogens with one attached hydrogen (secondary N) is 1. The van der Waals surface area contributed by atoms with Crippen LogP contribution in [0.5, 0.6) is 0 Å². The molecule has 1 saturated heterocycles. The highest BCUT2D eigenvalue weighted by molar-refractivity contribution is 6.04. The highest BCUT2D eigenvalue weighted by Gasteiger charge is 2.21. The first kappa shape index (κ1) is 24.3. The maximum atomic E-state index is 12.9. The molecule has 0 radical (unpaired) electrons. The molecule has 3 rings (SSSR count). The summed E-state index contributed by atoms with van der Waals surface area (Å²) in [7, 11) is 1.52. The summed E-state index contributed by atoms with van der Waals surface area (Å²) >= 11 is 0. The van der Waals surface area contributed by atoms with Gasteiger partial charge in [-0.3, -0.25) is 9.59 Å². The van der Waals surface area contributed by atoms with Crippen LogP contribution in [0, 0.1) is 39.0 Å². The molecule has 1 N–H and O–H groups in total. The Labute approximate surface area is 195 Å². The lowest BCUT2D eigenvalue weighted by molar-refractivity contribution is -0.129. The molecule has 33 heavy (non-hydrogen) atoms. The Balaban J connectivity index is 1.70. The van der Waals surface area contributed by atoms with E-state index in [2.05, 4.69) is 9.88 Å². The Morgan fingerprint density at radius 2 is 2.06 bits per heavy atom. The summed E-state index contributed by atoms with van der Waals surface area (Å²) in [5, 5.41) is 12.5. The predicted octanol–water partition coefficient (Wildman–Crippen LogP) is 3.90. The summed E-state index contributed by atoms with van der Waals surface area (Å²) in [6.07, 6.45) is 3.92. The van der Waals surface area contributed by atoms with Crippen LogP contribution in [0.1, 0.15) is 40.9 Å². The predicted molar refractivity (Wildman–Crippen MR) is 129 cm³/mol. The molecule has 0 bridgehead atoms. The van der Waals surface area contributed by atoms with E-state index in [0.717, 1.165) is 59.8 Å². The SMILES string of the molecule is Cc1cccc(NC(=O)CN(C)C(=O)/C(C#N)=C/c2cc(C)n(CC3CCCO3)c2C)c1C. The fourth-order valence-corrected chi connectivity index (χ4v) is 4.11. The fraction of sp³-hybridized carbons (Fsp3) is 0.423. The number of aromatic nitrogens is 1. The van der Waals surface area contributed by atoms with E-state index in [0.29, 0.717) is 0 Å². The van der Waals surface area contributed by atoms with Crippen molar-refractivity contribution in [3.05, 3.63) is 57.9 Å². The second-order valence-corrected chi connectivity index (χ2v) is 8.70. The number of aryl methyl sites for hydroxylation is 2. The van der Waals surface area contributed by atoms with Gasteiger partial charge >= 0.3 is 0 Å². The lowest BCUT2D eigenvalue weighted by Crippen LogP contribution is -2.35. The molecule has 2 aromatic rings. The summed E-state index contributed by atoms with van der Waals surface area (Å²) in [4.78, 5) is 26.7. The van der Waals surface area contributed by atoms with E-state index < -0.39 is 5.91 Å². The van der Waals surface area contributed by atoms with Gasteiger partial charge in [0.05, 0.1) is 12.6 Å². The van der Waals surface area contributed by atoms with Crippen LogP contribution in [0.15, 0.2) is 29.8 Å². The number of anilines is 1. The number of benzene rings is 1. The van der Waals surface area contributed by atoms with E-state index >= 15 is 0 Å². The third kappa shape index (κ3) is 5.71. The monoisotopic (exact) mass is 448 g/mol. The van der Waals surface area contributed by atoms with Gasteiger partial charge in [-0.25, -0.2) is 0 Å². The standard InChI is InChI=1S/C26H32N4O3/c1-17-8-6-10-24(19(17)3)28-25(31)16-29(5)26(32)22(14-27)13-21-12-18(2)30(20(21)4)15-23-9-7-11-33-23/h6,8,10,12-13,23H,7,9,11,15-16H2,1-5H3,(H,28,31)/b22-13+. The number of carbonyl (C=O) groups is 2. The molecule has 0 saturated carbocycles. The van der Waals surface area contributed by atoms with E-state index in [4.69, 9.17) is 4.74 Å². The minimum absolute atomic E-state index is 0.00518. The smallest absolute Gasteiger partial charge is 0.264 e. The summed E-state index contributed by atoms with van der Waals surface area (Å²) in [6.45, 7) is 9.32. The van der Waals surface area contributed by atoms with E-state index in [1.165, 1.54) is 11.9 Å². The van der Waals surface area contributed by atoms with Crippen LogP contribution in [0.4, 0.5) is 5.69 Å². The van der Waals surface area contributed by atoms with Crippen molar-refractivity contribution in [3.8, 4) is 6.07 Å². The summed E-state index contributed by atoms with van der Waals surface area (Å²) in [6, 6.07) is 9.66. The van der Waals surface area contributed by atoms with Crippen LogP contribution >= 0.6 is 0 Å². The Hall–Kier alpha value is -3.37. The number of hydrogen-bond donors (Lipinski definition) is 1. The van der Waals surface area contributed by atoms with Gasteiger partial charge in [0.25, 0.3) is 5.91 Å². The number of nitriles is 1. The molecular weight excluding hydrogens is 416 g/mol. The van der Waals surface area contributed by atoms with E-state index in [1.807, 2.05) is 58.0 Å². The summed E-state index contributed by atoms with van der Waals surface area (Å²) < 4.78 is 7.92. The molecule has 7 heteroatoms. The number of rotatable bonds is 7. The molecule has 1 fully saturated rings. The molecule has 7 nitrogen and oxygen atoms in total. The average molecular weight is 449 g/mol. The van der Waals surface area contributed by atoms with Crippen LogP contribution in [0.2, 0.25) is 0 Å². The summed E-state index contributed by atoms with van der Waals surface area (Å²) in [5.41, 5.74) is 5.63. The van der Waals surface area contributed by atoms with E-state index in [9.17, 15) is 14.9 Å². The lowest BCUT2D eigenvalue weighted by atomic mass is 10.1. The van der Waals surface area contributed by atoms with E-state index in [-0.39, 0.29) is 24.1 Å². The zero-order chi connectivity index (χ0) is 24.1. The van der Waals surface area contributed by atoms with Crippen molar-refractivity contribution in [1.29, 1.82) is 5.26 Å². The highest BCUT2D eigenvalue weighted by atomic mass is 16.5. The molecule has 1 aromatic carbocycles. The molecular formula is C26H32N4O3. The lowest BCUT2D eigenvalue weighted by Gasteiger charge is -2.17. The molecule has 174 valence electrons. The van der Waals surface area contributed by atoms with E-state index in [1.54, 1.807) is 6.08 Å². The molecule has 2 amide bonds. The van der Waals surface area contributed by atoms with Gasteiger partial charge in [-0.2, -0.15) is 5.26 Å². The average Bonchev–Trinajstić information content (AvgIpc) is 3.38. The van der Waals surface area contributed by atoms with Crippen molar-refractivity contribution in [3.63, 3.8) is 0 Å². The maximum absolute atomic E-state index is 12.9. The summed E-state index contributed by atoms with van der Waals surface area (Å²) in [5.74, 6) is -0.802. The zero-order valence-corrected chi connectivity index (χ0v) is 20.1. The molecule has 1 aliphatic rings. The third-order valence-electron chi connectivity index (χ3n) is 6.28. The Kier molecular flexibility index (Phi) is 7.72. The number of nitrogens with zero attached hydrogens (tertiary/aromatic N) is 3. The third-order valence-corrected chi connectivity index (χ3v) is 6.28. The minimum Gasteiger partial charge on any atom is -0.376 e. The Morgan fingerprint density at radius 1 is 1.30 bits per heavy atom. The Bertz CT molecular complexity index is 1120. The zero-order valence-electron chi connectivity index (χ0n) is 20.1. The van der Waals surface area contributed by atoms with Crippen LogP contribution < -0.4 is 5.32 Å². The van der Waals surface area contributed by atoms with Crippen molar-refractivity contribution in [2.45, 2.75) is 53.2 Å². The number of hydrogen-bond acceptors (Lipinski definition) is 4. The van der Waals surface area contributed by atoms with Gasteiger partial charge in [0.15, 0.2) is 0 Å². The Morgan fingerprint density at radius 3 is 2.73 bits per heavy atom. The molecule has 1 atom stereocenters. The van der Waals surface area contributed by atoms with Gasteiger partial charge in [-0.15, -0.1) is 0 Å². The first-order valence-corrected chi connectivity index (χ1v) is 11.2. The molecule has 1 aromatic heterocycles. The van der Waals surface area contributed by atoms with Crippen molar-refractivity contribution in [1.82, 2.24) is 9.47 Å². The number of ether oxygens (including phenoxy) is 1. The maximum Gasteiger partial charge on any atom is 0.264 e. The van der Waals surface area contributed by atoms with Crippen LogP contribution in [-0.2, 0) is 20.9 Å². The normalized spacial score (nSPS) is 15.9. The highest BCUT2D eigenvalue weighted by Crippen LogP contribution is 2.22. The quantitative estimate of drug-likeness (QED) is 0.514. The molecule has 0 spiro atoms. The molecule has 2 heterocycles. The topological polar surface area (TPSA) is 87.4 Å². The number of amides is 2. The largest absolute Gasteiger partial charge is 0.376 e. The minimum atomic E-state index is -0.488. The van der Waals surface area contributed by atoms with Gasteiger partial charge in [0.2, 0.25) is 5.91 Å². The van der Waals surface area contributed by atoms with Crippen molar-refractivity contribution in [2.24, 2.45) is 0 Å². The molecule has 1 aliphatic heterocycles.